The van der Waals surface area contributed by atoms with Crippen LogP contribution in [0.3, 0.4) is 0 Å². The molecule has 4 rings (SSSR count). The second-order valence-electron chi connectivity index (χ2n) is 9.50. The van der Waals surface area contributed by atoms with Crippen LogP contribution in [0.2, 0.25) is 0 Å². The Bertz CT molecular complexity index is 1420. The van der Waals surface area contributed by atoms with Gasteiger partial charge in [-0.1, -0.05) is 18.2 Å². The van der Waals surface area contributed by atoms with Gasteiger partial charge in [-0.25, -0.2) is 0 Å². The molecule has 11 nitrogen and oxygen atoms in total. The van der Waals surface area contributed by atoms with Crippen LogP contribution in [0.25, 0.3) is 0 Å². The number of amides is 3. The molecule has 1 saturated heterocycles. The van der Waals surface area contributed by atoms with Crippen molar-refractivity contribution in [3.05, 3.63) is 63.7 Å². The Morgan fingerprint density at radius 1 is 1.15 bits per heavy atom. The Morgan fingerprint density at radius 3 is 2.52 bits per heavy atom. The number of carbonyl (C=O) groups is 3. The summed E-state index contributed by atoms with van der Waals surface area (Å²) in [6.45, 7) is 4.65. The average Bonchev–Trinajstić information content (AvgIpc) is 3.61. The van der Waals surface area contributed by atoms with E-state index in [2.05, 4.69) is 9.69 Å². The van der Waals surface area contributed by atoms with Gasteiger partial charge >= 0.3 is 0 Å². The number of carbonyl (C=O) groups excluding carboxylic acids is 3. The zero-order valence-electron chi connectivity index (χ0n) is 22.9. The molecule has 2 heterocycles. The summed E-state index contributed by atoms with van der Waals surface area (Å²) in [5.41, 5.74) is 13.8. The van der Waals surface area contributed by atoms with Crippen LogP contribution in [-0.2, 0) is 9.53 Å². The van der Waals surface area contributed by atoms with Crippen molar-refractivity contribution >= 4 is 40.6 Å². The Kier molecular flexibility index (Phi) is 8.90. The fourth-order valence-corrected chi connectivity index (χ4v) is 5.38. The van der Waals surface area contributed by atoms with Crippen LogP contribution in [0.5, 0.6) is 11.5 Å². The van der Waals surface area contributed by atoms with Crippen molar-refractivity contribution in [2.75, 3.05) is 38.0 Å². The van der Waals surface area contributed by atoms with Gasteiger partial charge in [0.05, 0.1) is 26.0 Å². The first-order valence-electron chi connectivity index (χ1n) is 12.7. The first-order chi connectivity index (χ1) is 19.2. The van der Waals surface area contributed by atoms with Crippen molar-refractivity contribution in [2.45, 2.75) is 38.8 Å². The topological polar surface area (TPSA) is 159 Å². The number of hydrogen-bond donors (Lipinski definition) is 3. The fraction of sp³-hybridized carbons (Fsp3) is 0.357. The van der Waals surface area contributed by atoms with Crippen molar-refractivity contribution in [3.63, 3.8) is 0 Å². The lowest BCUT2D eigenvalue weighted by molar-refractivity contribution is -0.123. The lowest BCUT2D eigenvalue weighted by Gasteiger charge is -2.33. The molecule has 40 heavy (non-hydrogen) atoms. The van der Waals surface area contributed by atoms with Crippen molar-refractivity contribution in [1.82, 2.24) is 9.69 Å². The molecule has 0 aliphatic carbocycles. The van der Waals surface area contributed by atoms with Gasteiger partial charge in [0.1, 0.15) is 10.9 Å². The van der Waals surface area contributed by atoms with Gasteiger partial charge in [-0.3, -0.25) is 19.3 Å². The maximum absolute atomic E-state index is 14.3. The van der Waals surface area contributed by atoms with Crippen LogP contribution >= 0.6 is 11.5 Å². The Morgan fingerprint density at radius 2 is 1.90 bits per heavy atom. The number of nitrogens with zero attached hydrogens (tertiary/aromatic N) is 2. The molecule has 0 radical (unpaired) electrons. The largest absolute Gasteiger partial charge is 0.493 e. The summed E-state index contributed by atoms with van der Waals surface area (Å²) < 4.78 is 20.6. The number of hydrogen-bond acceptors (Lipinski definition) is 9. The normalized spacial score (nSPS) is 15.3. The minimum Gasteiger partial charge on any atom is -0.493 e. The number of nitrogens with two attached hydrogens (primary N) is 2. The number of nitrogen functional groups attached to an aromatic ring is 1. The van der Waals surface area contributed by atoms with E-state index in [-0.39, 0.29) is 28.9 Å². The summed E-state index contributed by atoms with van der Waals surface area (Å²) in [7, 11) is 3.00. The van der Waals surface area contributed by atoms with Crippen LogP contribution in [-0.4, -0.2) is 55.6 Å². The van der Waals surface area contributed by atoms with Crippen LogP contribution in [0.15, 0.2) is 36.4 Å². The summed E-state index contributed by atoms with van der Waals surface area (Å²) >= 11 is 0.754. The fourth-order valence-electron chi connectivity index (χ4n) is 4.64. The summed E-state index contributed by atoms with van der Waals surface area (Å²) in [6, 6.07) is 9.47. The van der Waals surface area contributed by atoms with E-state index in [1.54, 1.807) is 18.2 Å². The number of aryl methyl sites for hydroxylation is 2. The van der Waals surface area contributed by atoms with E-state index in [0.29, 0.717) is 29.4 Å². The lowest BCUT2D eigenvalue weighted by atomic mass is 9.99. The van der Waals surface area contributed by atoms with E-state index in [9.17, 15) is 14.4 Å². The number of anilines is 2. The van der Waals surface area contributed by atoms with E-state index in [1.807, 2.05) is 32.0 Å². The smallest absolute Gasteiger partial charge is 0.273 e. The molecule has 1 fully saturated rings. The molecule has 3 amide bonds. The molecule has 0 bridgehead atoms. The van der Waals surface area contributed by atoms with Crippen LogP contribution in [0.1, 0.15) is 55.7 Å². The third-order valence-corrected chi connectivity index (χ3v) is 7.61. The predicted molar refractivity (Wildman–Crippen MR) is 152 cm³/mol. The zero-order valence-corrected chi connectivity index (χ0v) is 23.7. The van der Waals surface area contributed by atoms with Crippen molar-refractivity contribution < 1.29 is 28.6 Å². The number of ether oxygens (including phenoxy) is 3. The average molecular weight is 568 g/mol. The van der Waals surface area contributed by atoms with Crippen LogP contribution in [0, 0.1) is 13.8 Å². The maximum atomic E-state index is 14.3. The molecule has 2 atom stereocenters. The van der Waals surface area contributed by atoms with Gasteiger partial charge in [0.25, 0.3) is 11.8 Å². The quantitative estimate of drug-likeness (QED) is 0.337. The lowest BCUT2D eigenvalue weighted by Crippen LogP contribution is -2.46. The predicted octanol–water partition coefficient (Wildman–Crippen LogP) is 3.14. The number of benzene rings is 2. The summed E-state index contributed by atoms with van der Waals surface area (Å²) in [5, 5.41) is 2.97. The van der Waals surface area contributed by atoms with Gasteiger partial charge in [0.2, 0.25) is 5.91 Å². The monoisotopic (exact) mass is 567 g/mol. The van der Waals surface area contributed by atoms with E-state index < -0.39 is 23.8 Å². The number of aromatic nitrogens is 1. The molecule has 1 aliphatic rings. The standard InChI is InChI=1S/C28H33N5O6S/c1-15-7-8-16(2)19(12-15)33(28(36)25-22(29)23(26(30)34)32-40-25)24(27(35)31-14-18-6-5-11-39-18)17-9-10-20(37-3)21(13-17)38-4/h7-10,12-13,18,24H,5-6,11,14,29H2,1-4H3,(H2,30,34)(H,31,35)/t18-,24-/m0/s1. The molecule has 3 aromatic rings. The van der Waals surface area contributed by atoms with Gasteiger partial charge in [-0.05, 0) is 73.1 Å². The van der Waals surface area contributed by atoms with Crippen molar-refractivity contribution in [2.24, 2.45) is 5.73 Å². The van der Waals surface area contributed by atoms with Gasteiger partial charge in [0, 0.05) is 18.8 Å². The first-order valence-corrected chi connectivity index (χ1v) is 13.5. The first kappa shape index (κ1) is 28.8. The van der Waals surface area contributed by atoms with E-state index in [1.165, 1.54) is 19.1 Å². The second kappa shape index (κ2) is 12.3. The van der Waals surface area contributed by atoms with Crippen molar-refractivity contribution in [3.8, 4) is 11.5 Å². The second-order valence-corrected chi connectivity index (χ2v) is 10.3. The molecule has 0 unspecified atom stereocenters. The Balaban J connectivity index is 1.90. The molecular formula is C28H33N5O6S. The highest BCUT2D eigenvalue weighted by atomic mass is 32.1. The highest BCUT2D eigenvalue weighted by Gasteiger charge is 2.37. The van der Waals surface area contributed by atoms with Crippen LogP contribution < -0.4 is 31.2 Å². The number of rotatable bonds is 10. The van der Waals surface area contributed by atoms with E-state index in [4.69, 9.17) is 25.7 Å². The SMILES string of the molecule is COc1ccc([C@@H](C(=O)NC[C@@H]2CCCO2)N(C(=O)c2snc(C(N)=O)c2N)c2cc(C)ccc2C)cc1OC. The Labute approximate surface area is 236 Å². The maximum Gasteiger partial charge on any atom is 0.273 e. The van der Waals surface area contributed by atoms with Gasteiger partial charge in [-0.15, -0.1) is 0 Å². The highest BCUT2D eigenvalue weighted by Crippen LogP contribution is 2.38. The molecule has 0 spiro atoms. The Hall–Kier alpha value is -4.16. The van der Waals surface area contributed by atoms with Gasteiger partial charge in [0.15, 0.2) is 17.2 Å². The van der Waals surface area contributed by atoms with Crippen LogP contribution in [0.4, 0.5) is 11.4 Å². The van der Waals surface area contributed by atoms with Gasteiger partial charge in [-0.2, -0.15) is 4.37 Å². The molecule has 0 saturated carbocycles. The number of methoxy groups -OCH3 is 2. The zero-order chi connectivity index (χ0) is 29.0. The van der Waals surface area contributed by atoms with E-state index >= 15 is 0 Å². The van der Waals surface area contributed by atoms with Crippen molar-refractivity contribution in [1.29, 1.82) is 0 Å². The number of primary amides is 1. The molecule has 5 N–H and O–H groups in total. The minimum atomic E-state index is -1.16. The summed E-state index contributed by atoms with van der Waals surface area (Å²) in [4.78, 5) is 41.6. The summed E-state index contributed by atoms with van der Waals surface area (Å²) in [6.07, 6.45) is 1.63. The molecule has 12 heteroatoms. The van der Waals surface area contributed by atoms with Gasteiger partial charge < -0.3 is 31.0 Å². The van der Waals surface area contributed by atoms with E-state index in [0.717, 1.165) is 35.5 Å². The molecule has 1 aromatic heterocycles. The molecular weight excluding hydrogens is 534 g/mol. The molecule has 1 aliphatic heterocycles. The summed E-state index contributed by atoms with van der Waals surface area (Å²) in [5.74, 6) is -1.04. The third-order valence-electron chi connectivity index (χ3n) is 6.76. The minimum absolute atomic E-state index is 0.00731. The third kappa shape index (κ3) is 5.87. The number of nitrogens with one attached hydrogen (secondary N) is 1. The highest BCUT2D eigenvalue weighted by molar-refractivity contribution is 7.09. The molecule has 2 aromatic carbocycles. The molecule has 212 valence electrons.